The van der Waals surface area contributed by atoms with Crippen LogP contribution in [0.5, 0.6) is 0 Å². The molecule has 0 aromatic heterocycles. The van der Waals surface area contributed by atoms with Gasteiger partial charge in [-0.25, -0.2) is 0 Å². The van der Waals surface area contributed by atoms with E-state index in [1.165, 1.54) is 7.11 Å². The van der Waals surface area contributed by atoms with Gasteiger partial charge in [0.25, 0.3) is 0 Å². The zero-order valence-corrected chi connectivity index (χ0v) is 10.1. The first-order chi connectivity index (χ1) is 7.76. The van der Waals surface area contributed by atoms with Gasteiger partial charge >= 0.3 is 5.97 Å². The highest BCUT2D eigenvalue weighted by atomic mass is 16.5. The highest BCUT2D eigenvalue weighted by molar-refractivity contribution is 5.76. The van der Waals surface area contributed by atoms with Gasteiger partial charge in [0, 0.05) is 13.7 Å². The number of likely N-dealkylation sites (tertiary alicyclic amines) is 1. The predicted octanol–water partition coefficient (Wildman–Crippen LogP) is 1.05. The molecule has 2 fully saturated rings. The van der Waals surface area contributed by atoms with E-state index in [9.17, 15) is 4.79 Å². The Labute approximate surface area is 96.9 Å². The SMILES string of the molecule is COC(=O)C(C1CC1)N1CCCC(OC)C1. The second-order valence-corrected chi connectivity index (χ2v) is 4.80. The summed E-state index contributed by atoms with van der Waals surface area (Å²) in [6, 6.07) is -0.0250. The van der Waals surface area contributed by atoms with Crippen molar-refractivity contribution in [3.05, 3.63) is 0 Å². The molecule has 1 heterocycles. The molecule has 1 saturated heterocycles. The fourth-order valence-electron chi connectivity index (χ4n) is 2.58. The quantitative estimate of drug-likeness (QED) is 0.673. The van der Waals surface area contributed by atoms with Crippen LogP contribution in [0.25, 0.3) is 0 Å². The van der Waals surface area contributed by atoms with Gasteiger partial charge in [-0.2, -0.15) is 0 Å². The molecule has 0 N–H and O–H groups in total. The monoisotopic (exact) mass is 227 g/mol. The van der Waals surface area contributed by atoms with Crippen LogP contribution in [0, 0.1) is 5.92 Å². The largest absolute Gasteiger partial charge is 0.468 e. The lowest BCUT2D eigenvalue weighted by molar-refractivity contribution is -0.149. The maximum atomic E-state index is 11.8. The van der Waals surface area contributed by atoms with E-state index in [-0.39, 0.29) is 18.1 Å². The van der Waals surface area contributed by atoms with Gasteiger partial charge in [0.05, 0.1) is 13.2 Å². The maximum absolute atomic E-state index is 11.8. The minimum absolute atomic E-state index is 0.0250. The molecule has 0 spiro atoms. The van der Waals surface area contributed by atoms with Crippen molar-refractivity contribution in [1.29, 1.82) is 0 Å². The molecule has 1 aliphatic carbocycles. The Morgan fingerprint density at radius 2 is 2.06 bits per heavy atom. The topological polar surface area (TPSA) is 38.8 Å². The number of esters is 1. The predicted molar refractivity (Wildman–Crippen MR) is 60.1 cm³/mol. The van der Waals surface area contributed by atoms with E-state index in [4.69, 9.17) is 9.47 Å². The van der Waals surface area contributed by atoms with Crippen LogP contribution in [-0.4, -0.2) is 50.3 Å². The Bertz CT molecular complexity index is 253. The summed E-state index contributed by atoms with van der Waals surface area (Å²) in [7, 11) is 3.23. The van der Waals surface area contributed by atoms with E-state index in [0.717, 1.165) is 38.8 Å². The number of piperidine rings is 1. The molecular formula is C12H21NO3. The molecule has 2 aliphatic rings. The van der Waals surface area contributed by atoms with Crippen molar-refractivity contribution in [1.82, 2.24) is 4.90 Å². The molecule has 92 valence electrons. The van der Waals surface area contributed by atoms with E-state index in [2.05, 4.69) is 4.90 Å². The van der Waals surface area contributed by atoms with Crippen LogP contribution in [0.4, 0.5) is 0 Å². The van der Waals surface area contributed by atoms with Crippen molar-refractivity contribution in [3.8, 4) is 0 Å². The molecule has 4 nitrogen and oxygen atoms in total. The molecule has 0 bridgehead atoms. The Kier molecular flexibility index (Phi) is 3.82. The molecule has 1 saturated carbocycles. The van der Waals surface area contributed by atoms with E-state index in [1.807, 2.05) is 0 Å². The van der Waals surface area contributed by atoms with E-state index in [1.54, 1.807) is 7.11 Å². The zero-order valence-electron chi connectivity index (χ0n) is 10.1. The molecule has 4 heteroatoms. The van der Waals surface area contributed by atoms with Gasteiger partial charge in [-0.3, -0.25) is 9.69 Å². The standard InChI is InChI=1S/C12H21NO3/c1-15-10-4-3-7-13(8-10)11(9-5-6-9)12(14)16-2/h9-11H,3-8H2,1-2H3. The molecule has 1 aliphatic heterocycles. The Morgan fingerprint density at radius 1 is 1.31 bits per heavy atom. The molecule has 2 rings (SSSR count). The van der Waals surface area contributed by atoms with Crippen molar-refractivity contribution >= 4 is 5.97 Å². The third-order valence-electron chi connectivity index (χ3n) is 3.65. The number of rotatable bonds is 4. The van der Waals surface area contributed by atoms with Crippen molar-refractivity contribution < 1.29 is 14.3 Å². The van der Waals surface area contributed by atoms with Crippen LogP contribution in [0.2, 0.25) is 0 Å². The molecule has 2 unspecified atom stereocenters. The highest BCUT2D eigenvalue weighted by Gasteiger charge is 2.42. The lowest BCUT2D eigenvalue weighted by Crippen LogP contribution is -2.50. The van der Waals surface area contributed by atoms with E-state index in [0.29, 0.717) is 5.92 Å². The molecule has 0 aromatic carbocycles. The van der Waals surface area contributed by atoms with Crippen LogP contribution < -0.4 is 0 Å². The minimum Gasteiger partial charge on any atom is -0.468 e. The van der Waals surface area contributed by atoms with Crippen LogP contribution in [-0.2, 0) is 14.3 Å². The molecule has 0 amide bonds. The van der Waals surface area contributed by atoms with Gasteiger partial charge in [0.15, 0.2) is 0 Å². The Morgan fingerprint density at radius 3 is 2.62 bits per heavy atom. The third-order valence-corrected chi connectivity index (χ3v) is 3.65. The fraction of sp³-hybridized carbons (Fsp3) is 0.917. The zero-order chi connectivity index (χ0) is 11.5. The van der Waals surface area contributed by atoms with Crippen LogP contribution in [0.15, 0.2) is 0 Å². The number of methoxy groups -OCH3 is 2. The fourth-order valence-corrected chi connectivity index (χ4v) is 2.58. The number of carbonyl (C=O) groups excluding carboxylic acids is 1. The van der Waals surface area contributed by atoms with E-state index < -0.39 is 0 Å². The normalized spacial score (nSPS) is 28.8. The summed E-state index contributed by atoms with van der Waals surface area (Å²) >= 11 is 0. The molecule has 0 aromatic rings. The van der Waals surface area contributed by atoms with Crippen LogP contribution >= 0.6 is 0 Å². The van der Waals surface area contributed by atoms with E-state index >= 15 is 0 Å². The number of ether oxygens (including phenoxy) is 2. The Balaban J connectivity index is 1.98. The number of hydrogen-bond donors (Lipinski definition) is 0. The van der Waals surface area contributed by atoms with Gasteiger partial charge in [-0.1, -0.05) is 0 Å². The first-order valence-electron chi connectivity index (χ1n) is 6.11. The van der Waals surface area contributed by atoms with Crippen molar-refractivity contribution in [2.75, 3.05) is 27.3 Å². The summed E-state index contributed by atoms with van der Waals surface area (Å²) in [6.07, 6.45) is 4.81. The molecule has 2 atom stereocenters. The first-order valence-corrected chi connectivity index (χ1v) is 6.11. The van der Waals surface area contributed by atoms with Gasteiger partial charge in [0.2, 0.25) is 0 Å². The maximum Gasteiger partial charge on any atom is 0.323 e. The molecular weight excluding hydrogens is 206 g/mol. The summed E-state index contributed by atoms with van der Waals surface area (Å²) < 4.78 is 10.3. The molecule has 0 radical (unpaired) electrons. The first kappa shape index (κ1) is 11.9. The van der Waals surface area contributed by atoms with Crippen LogP contribution in [0.3, 0.4) is 0 Å². The average molecular weight is 227 g/mol. The number of hydrogen-bond acceptors (Lipinski definition) is 4. The number of carbonyl (C=O) groups is 1. The Hall–Kier alpha value is -0.610. The summed E-state index contributed by atoms with van der Waals surface area (Å²) in [5.74, 6) is 0.447. The van der Waals surface area contributed by atoms with Crippen molar-refractivity contribution in [3.63, 3.8) is 0 Å². The second kappa shape index (κ2) is 5.15. The lowest BCUT2D eigenvalue weighted by atomic mass is 10.0. The average Bonchev–Trinajstić information content (AvgIpc) is 3.14. The van der Waals surface area contributed by atoms with Crippen molar-refractivity contribution in [2.24, 2.45) is 5.92 Å². The van der Waals surface area contributed by atoms with Gasteiger partial charge in [0.1, 0.15) is 6.04 Å². The number of nitrogens with zero attached hydrogens (tertiary/aromatic N) is 1. The second-order valence-electron chi connectivity index (χ2n) is 4.80. The summed E-state index contributed by atoms with van der Waals surface area (Å²) in [5, 5.41) is 0. The van der Waals surface area contributed by atoms with Gasteiger partial charge in [-0.15, -0.1) is 0 Å². The molecule has 16 heavy (non-hydrogen) atoms. The minimum atomic E-state index is -0.0701. The third kappa shape index (κ3) is 2.55. The van der Waals surface area contributed by atoms with Gasteiger partial charge < -0.3 is 9.47 Å². The summed E-state index contributed by atoms with van der Waals surface area (Å²) in [6.45, 7) is 1.86. The highest BCUT2D eigenvalue weighted by Crippen LogP contribution is 2.37. The summed E-state index contributed by atoms with van der Waals surface area (Å²) in [4.78, 5) is 14.0. The lowest BCUT2D eigenvalue weighted by Gasteiger charge is -2.36. The van der Waals surface area contributed by atoms with Crippen molar-refractivity contribution in [2.45, 2.75) is 37.8 Å². The van der Waals surface area contributed by atoms with Crippen LogP contribution in [0.1, 0.15) is 25.7 Å². The summed E-state index contributed by atoms with van der Waals surface area (Å²) in [5.41, 5.74) is 0. The van der Waals surface area contributed by atoms with Gasteiger partial charge in [-0.05, 0) is 38.1 Å². The smallest absolute Gasteiger partial charge is 0.323 e.